The highest BCUT2D eigenvalue weighted by atomic mass is 19.1. The van der Waals surface area contributed by atoms with Crippen molar-refractivity contribution >= 4 is 29.3 Å². The Kier molecular flexibility index (Phi) is 5.12. The molecular weight excluding hydrogens is 443 g/mol. The number of carbonyl (C=O) groups excluding carboxylic acids is 4. The first kappa shape index (κ1) is 22.0. The second-order valence-corrected chi connectivity index (χ2v) is 8.82. The monoisotopic (exact) mass is 466 g/mol. The highest BCUT2D eigenvalue weighted by Gasteiger charge is 2.70. The highest BCUT2D eigenvalue weighted by Crippen LogP contribution is 2.53. The van der Waals surface area contributed by atoms with E-state index in [1.165, 1.54) is 25.3 Å². The fourth-order valence-corrected chi connectivity index (χ4v) is 5.45. The number of nitrogens with two attached hydrogens (primary N) is 1. The van der Waals surface area contributed by atoms with Crippen molar-refractivity contribution in [1.29, 1.82) is 0 Å². The van der Waals surface area contributed by atoms with Crippen LogP contribution in [0.3, 0.4) is 0 Å². The maximum atomic E-state index is 14.2. The lowest BCUT2D eigenvalue weighted by Gasteiger charge is -2.29. The van der Waals surface area contributed by atoms with Gasteiger partial charge in [0.05, 0.1) is 25.5 Å². The zero-order valence-electron chi connectivity index (χ0n) is 18.3. The summed E-state index contributed by atoms with van der Waals surface area (Å²) in [5, 5.41) is 5.86. The Hall–Kier alpha value is -3.79. The van der Waals surface area contributed by atoms with E-state index in [2.05, 4.69) is 10.6 Å². The summed E-state index contributed by atoms with van der Waals surface area (Å²) < 4.78 is 19.4. The number of benzene rings is 2. The molecule has 5 rings (SSSR count). The summed E-state index contributed by atoms with van der Waals surface area (Å²) in [6.07, 6.45) is 0.125. The Balaban J connectivity index is 1.56. The van der Waals surface area contributed by atoms with Crippen LogP contribution in [-0.2, 0) is 31.3 Å². The van der Waals surface area contributed by atoms with Crippen LogP contribution in [0.5, 0.6) is 5.75 Å². The largest absolute Gasteiger partial charge is 0.497 e. The van der Waals surface area contributed by atoms with Crippen LogP contribution in [0.4, 0.5) is 10.1 Å². The summed E-state index contributed by atoms with van der Waals surface area (Å²) in [5.41, 5.74) is 5.07. The summed E-state index contributed by atoms with van der Waals surface area (Å²) in [6, 6.07) is 10.1. The number of primary amides is 1. The molecule has 4 unspecified atom stereocenters. The zero-order chi connectivity index (χ0) is 24.2. The average Bonchev–Trinajstić information content (AvgIpc) is 3.39. The fraction of sp³-hybridized carbons (Fsp3) is 0.333. The third-order valence-corrected chi connectivity index (χ3v) is 6.97. The van der Waals surface area contributed by atoms with Crippen LogP contribution in [-0.4, -0.2) is 41.7 Å². The molecule has 3 heterocycles. The van der Waals surface area contributed by atoms with Crippen molar-refractivity contribution in [2.24, 2.45) is 17.6 Å². The third kappa shape index (κ3) is 3.17. The maximum absolute atomic E-state index is 14.2. The predicted octanol–water partition coefficient (Wildman–Crippen LogP) is 1.02. The molecule has 2 fully saturated rings. The molecule has 1 spiro atoms. The standard InChI is InChI=1S/C24H23FN4O5/c1-34-14-5-2-12(3-6-14)11-29-21(31)19-17(8-9-18(26)30)28-24(20(19)22(29)32)15-10-13(25)4-7-16(15)27-23(24)33/h2-7,10,17,19-20,28H,8-9,11H2,1H3,(H2,26,30)(H,27,33). The van der Waals surface area contributed by atoms with Gasteiger partial charge in [0, 0.05) is 23.7 Å². The number of ether oxygens (including phenoxy) is 1. The average molecular weight is 466 g/mol. The van der Waals surface area contributed by atoms with Crippen LogP contribution in [0.2, 0.25) is 0 Å². The Morgan fingerprint density at radius 2 is 1.88 bits per heavy atom. The molecule has 0 bridgehead atoms. The number of likely N-dealkylation sites (tertiary alicyclic amines) is 1. The normalized spacial score (nSPS) is 27.2. The molecule has 10 heteroatoms. The third-order valence-electron chi connectivity index (χ3n) is 6.97. The van der Waals surface area contributed by atoms with Crippen molar-refractivity contribution in [3.05, 3.63) is 59.4 Å². The molecule has 4 amide bonds. The summed E-state index contributed by atoms with van der Waals surface area (Å²) >= 11 is 0. The molecule has 2 saturated heterocycles. The van der Waals surface area contributed by atoms with Gasteiger partial charge in [-0.3, -0.25) is 29.4 Å². The molecule has 4 N–H and O–H groups in total. The van der Waals surface area contributed by atoms with Crippen molar-refractivity contribution in [3.8, 4) is 5.75 Å². The van der Waals surface area contributed by atoms with Crippen LogP contribution in [0.25, 0.3) is 0 Å². The van der Waals surface area contributed by atoms with Crippen molar-refractivity contribution in [1.82, 2.24) is 10.2 Å². The minimum atomic E-state index is -1.62. The van der Waals surface area contributed by atoms with E-state index in [9.17, 15) is 23.6 Å². The van der Waals surface area contributed by atoms with E-state index in [0.29, 0.717) is 17.0 Å². The van der Waals surface area contributed by atoms with Gasteiger partial charge >= 0.3 is 0 Å². The summed E-state index contributed by atoms with van der Waals surface area (Å²) in [6.45, 7) is 0.0188. The number of halogens is 1. The molecule has 4 atom stereocenters. The van der Waals surface area contributed by atoms with Gasteiger partial charge in [0.25, 0.3) is 0 Å². The topological polar surface area (TPSA) is 131 Å². The summed E-state index contributed by atoms with van der Waals surface area (Å²) in [7, 11) is 1.54. The Morgan fingerprint density at radius 3 is 2.56 bits per heavy atom. The lowest BCUT2D eigenvalue weighted by Crippen LogP contribution is -2.53. The molecule has 0 aromatic heterocycles. The van der Waals surface area contributed by atoms with Crippen LogP contribution in [0, 0.1) is 17.7 Å². The molecule has 176 valence electrons. The number of fused-ring (bicyclic) bond motifs is 4. The molecule has 3 aliphatic heterocycles. The number of methoxy groups -OCH3 is 1. The van der Waals surface area contributed by atoms with Gasteiger partial charge in [-0.25, -0.2) is 4.39 Å². The molecule has 0 saturated carbocycles. The molecular formula is C24H23FN4O5. The minimum absolute atomic E-state index is 0.0188. The number of anilines is 1. The summed E-state index contributed by atoms with van der Waals surface area (Å²) in [4.78, 5) is 53.1. The summed E-state index contributed by atoms with van der Waals surface area (Å²) in [5.74, 6) is -3.97. The lowest BCUT2D eigenvalue weighted by atomic mass is 9.76. The number of hydrogen-bond donors (Lipinski definition) is 3. The Morgan fingerprint density at radius 1 is 1.15 bits per heavy atom. The van der Waals surface area contributed by atoms with Crippen molar-refractivity contribution < 1.29 is 28.3 Å². The first-order chi connectivity index (χ1) is 16.3. The predicted molar refractivity (Wildman–Crippen MR) is 118 cm³/mol. The Bertz CT molecular complexity index is 1220. The van der Waals surface area contributed by atoms with Gasteiger partial charge in [-0.2, -0.15) is 0 Å². The van der Waals surface area contributed by atoms with Gasteiger partial charge in [0.15, 0.2) is 0 Å². The number of carbonyl (C=O) groups is 4. The quantitative estimate of drug-likeness (QED) is 0.545. The van der Waals surface area contributed by atoms with Gasteiger partial charge in [-0.15, -0.1) is 0 Å². The van der Waals surface area contributed by atoms with Gasteiger partial charge in [0.2, 0.25) is 23.6 Å². The van der Waals surface area contributed by atoms with E-state index in [0.717, 1.165) is 4.90 Å². The first-order valence-electron chi connectivity index (χ1n) is 10.9. The van der Waals surface area contributed by atoms with Crippen molar-refractivity contribution in [2.45, 2.75) is 31.0 Å². The number of nitrogens with one attached hydrogen (secondary N) is 2. The van der Waals surface area contributed by atoms with E-state index in [1.807, 2.05) is 0 Å². The van der Waals surface area contributed by atoms with E-state index in [4.69, 9.17) is 10.5 Å². The first-order valence-corrected chi connectivity index (χ1v) is 10.9. The number of nitrogens with zero attached hydrogens (tertiary/aromatic N) is 1. The second kappa shape index (κ2) is 7.91. The van der Waals surface area contributed by atoms with Crippen LogP contribution >= 0.6 is 0 Å². The molecule has 0 radical (unpaired) electrons. The van der Waals surface area contributed by atoms with Crippen LogP contribution in [0.1, 0.15) is 24.0 Å². The number of imide groups is 1. The van der Waals surface area contributed by atoms with Gasteiger partial charge in [-0.1, -0.05) is 12.1 Å². The SMILES string of the molecule is COc1ccc(CN2C(=O)C3C(CCC(N)=O)NC4(C(=O)Nc5ccc(F)cc54)C3C2=O)cc1. The molecule has 9 nitrogen and oxygen atoms in total. The van der Waals surface area contributed by atoms with Gasteiger partial charge in [-0.05, 0) is 42.3 Å². The number of hydrogen-bond acceptors (Lipinski definition) is 6. The molecule has 2 aromatic rings. The van der Waals surface area contributed by atoms with Crippen LogP contribution < -0.4 is 21.1 Å². The van der Waals surface area contributed by atoms with E-state index >= 15 is 0 Å². The molecule has 2 aromatic carbocycles. The van der Waals surface area contributed by atoms with Crippen molar-refractivity contribution in [3.63, 3.8) is 0 Å². The molecule has 34 heavy (non-hydrogen) atoms. The number of amides is 4. The van der Waals surface area contributed by atoms with E-state index in [1.54, 1.807) is 24.3 Å². The van der Waals surface area contributed by atoms with Crippen LogP contribution in [0.15, 0.2) is 42.5 Å². The Labute approximate surface area is 194 Å². The lowest BCUT2D eigenvalue weighted by molar-refractivity contribution is -0.143. The van der Waals surface area contributed by atoms with Gasteiger partial charge in [0.1, 0.15) is 17.1 Å². The molecule has 0 aliphatic carbocycles. The second-order valence-electron chi connectivity index (χ2n) is 8.82. The highest BCUT2D eigenvalue weighted by molar-refractivity contribution is 6.15. The minimum Gasteiger partial charge on any atom is -0.497 e. The maximum Gasteiger partial charge on any atom is 0.250 e. The zero-order valence-corrected chi connectivity index (χ0v) is 18.3. The molecule has 3 aliphatic rings. The fourth-order valence-electron chi connectivity index (χ4n) is 5.45. The smallest absolute Gasteiger partial charge is 0.250 e. The number of rotatable bonds is 6. The van der Waals surface area contributed by atoms with Crippen molar-refractivity contribution in [2.75, 3.05) is 12.4 Å². The van der Waals surface area contributed by atoms with E-state index < -0.39 is 52.9 Å². The van der Waals surface area contributed by atoms with E-state index in [-0.39, 0.29) is 24.9 Å². The van der Waals surface area contributed by atoms with Gasteiger partial charge < -0.3 is 15.8 Å².